The fourth-order valence-electron chi connectivity index (χ4n) is 2.67. The maximum absolute atomic E-state index is 11.8. The average Bonchev–Trinajstić information content (AvgIpc) is 2.48. The highest BCUT2D eigenvalue weighted by molar-refractivity contribution is 6.30. The molecule has 1 amide bonds. The molecule has 3 nitrogen and oxygen atoms in total. The molecular weight excluding hydrogens is 284 g/mol. The molecule has 21 heavy (non-hydrogen) atoms. The number of nitrogens with zero attached hydrogens (tertiary/aromatic N) is 1. The molecule has 1 aromatic carbocycles. The lowest BCUT2D eigenvalue weighted by atomic mass is 9.99. The second-order valence-corrected chi connectivity index (χ2v) is 6.47. The number of carbonyl (C=O) groups excluding carboxylic acids is 1. The molecule has 1 aliphatic rings. The van der Waals surface area contributed by atoms with E-state index in [1.54, 1.807) is 0 Å². The Morgan fingerprint density at radius 2 is 1.95 bits per heavy atom. The fourth-order valence-corrected chi connectivity index (χ4v) is 2.79. The van der Waals surface area contributed by atoms with E-state index in [-0.39, 0.29) is 5.91 Å². The highest BCUT2D eigenvalue weighted by Gasteiger charge is 2.14. The van der Waals surface area contributed by atoms with E-state index >= 15 is 0 Å². The van der Waals surface area contributed by atoms with E-state index in [9.17, 15) is 4.79 Å². The van der Waals surface area contributed by atoms with Gasteiger partial charge in [0.2, 0.25) is 5.91 Å². The van der Waals surface area contributed by atoms with Gasteiger partial charge in [0.15, 0.2) is 0 Å². The van der Waals surface area contributed by atoms with E-state index in [1.165, 1.54) is 25.9 Å². The van der Waals surface area contributed by atoms with Gasteiger partial charge in [-0.2, -0.15) is 0 Å². The summed E-state index contributed by atoms with van der Waals surface area (Å²) in [6, 6.07) is 7.44. The molecule has 0 radical (unpaired) electrons. The van der Waals surface area contributed by atoms with Crippen LogP contribution in [0.5, 0.6) is 0 Å². The highest BCUT2D eigenvalue weighted by atomic mass is 35.5. The minimum atomic E-state index is 0.0876. The molecule has 0 saturated carbocycles. The number of amides is 1. The third-order valence-corrected chi connectivity index (χ3v) is 4.38. The van der Waals surface area contributed by atoms with Gasteiger partial charge in [-0.15, -0.1) is 0 Å². The molecule has 0 aliphatic carbocycles. The van der Waals surface area contributed by atoms with Crippen LogP contribution in [0.2, 0.25) is 5.02 Å². The quantitative estimate of drug-likeness (QED) is 0.819. The van der Waals surface area contributed by atoms with E-state index in [1.807, 2.05) is 24.3 Å². The summed E-state index contributed by atoms with van der Waals surface area (Å²) in [4.78, 5) is 14.3. The molecule has 0 unspecified atom stereocenters. The third kappa shape index (κ3) is 6.06. The van der Waals surface area contributed by atoms with Crippen LogP contribution in [-0.2, 0) is 11.2 Å². The molecule has 4 heteroatoms. The lowest BCUT2D eigenvalue weighted by molar-refractivity contribution is -0.120. The first kappa shape index (κ1) is 16.3. The number of carbonyl (C=O) groups is 1. The Kier molecular flexibility index (Phi) is 6.52. The Hall–Kier alpha value is -1.06. The van der Waals surface area contributed by atoms with Crippen molar-refractivity contribution < 1.29 is 4.79 Å². The standard InChI is InChI=1S/C17H25ClN2O/c1-14-7-11-20(12-8-14)10-2-9-19-17(21)13-15-3-5-16(18)6-4-15/h3-6,14H,2,7-13H2,1H3,(H,19,21). The maximum atomic E-state index is 11.8. The number of hydrogen-bond donors (Lipinski definition) is 1. The molecule has 2 rings (SSSR count). The van der Waals surface area contributed by atoms with Crippen molar-refractivity contribution in [3.8, 4) is 0 Å². The summed E-state index contributed by atoms with van der Waals surface area (Å²) in [6.07, 6.45) is 4.07. The molecule has 1 fully saturated rings. The summed E-state index contributed by atoms with van der Waals surface area (Å²) in [5.41, 5.74) is 1.00. The van der Waals surface area contributed by atoms with Crippen LogP contribution >= 0.6 is 11.6 Å². The molecule has 0 atom stereocenters. The number of benzene rings is 1. The summed E-state index contributed by atoms with van der Waals surface area (Å²) in [7, 11) is 0. The number of piperidine rings is 1. The predicted molar refractivity (Wildman–Crippen MR) is 87.6 cm³/mol. The Morgan fingerprint density at radius 3 is 2.62 bits per heavy atom. The Labute approximate surface area is 132 Å². The molecule has 1 aromatic rings. The Balaban J connectivity index is 1.58. The van der Waals surface area contributed by atoms with Gasteiger partial charge in [0.25, 0.3) is 0 Å². The van der Waals surface area contributed by atoms with Gasteiger partial charge < -0.3 is 10.2 Å². The van der Waals surface area contributed by atoms with E-state index in [2.05, 4.69) is 17.1 Å². The largest absolute Gasteiger partial charge is 0.356 e. The lowest BCUT2D eigenvalue weighted by Crippen LogP contribution is -2.35. The summed E-state index contributed by atoms with van der Waals surface area (Å²) >= 11 is 5.83. The molecule has 0 bridgehead atoms. The van der Waals surface area contributed by atoms with Crippen LogP contribution in [0.4, 0.5) is 0 Å². The predicted octanol–water partition coefficient (Wildman–Crippen LogP) is 3.12. The van der Waals surface area contributed by atoms with Gasteiger partial charge in [-0.1, -0.05) is 30.7 Å². The van der Waals surface area contributed by atoms with E-state index in [0.717, 1.165) is 31.0 Å². The molecule has 1 saturated heterocycles. The number of nitrogens with one attached hydrogen (secondary N) is 1. The minimum Gasteiger partial charge on any atom is -0.356 e. The van der Waals surface area contributed by atoms with Crippen molar-refractivity contribution in [2.75, 3.05) is 26.2 Å². The SMILES string of the molecule is CC1CCN(CCCNC(=O)Cc2ccc(Cl)cc2)CC1. The van der Waals surface area contributed by atoms with Crippen LogP contribution < -0.4 is 5.32 Å². The van der Waals surface area contributed by atoms with Crippen LogP contribution in [0.3, 0.4) is 0 Å². The molecular formula is C17H25ClN2O. The Bertz CT molecular complexity index is 439. The van der Waals surface area contributed by atoms with Gasteiger partial charge in [0, 0.05) is 11.6 Å². The average molecular weight is 309 g/mol. The van der Waals surface area contributed by atoms with Crippen molar-refractivity contribution in [1.29, 1.82) is 0 Å². The maximum Gasteiger partial charge on any atom is 0.224 e. The van der Waals surface area contributed by atoms with Gasteiger partial charge in [-0.25, -0.2) is 0 Å². The summed E-state index contributed by atoms with van der Waals surface area (Å²) < 4.78 is 0. The van der Waals surface area contributed by atoms with Gasteiger partial charge in [-0.3, -0.25) is 4.79 Å². The zero-order valence-corrected chi connectivity index (χ0v) is 13.5. The highest BCUT2D eigenvalue weighted by Crippen LogP contribution is 2.15. The van der Waals surface area contributed by atoms with Crippen molar-refractivity contribution in [3.63, 3.8) is 0 Å². The second kappa shape index (κ2) is 8.40. The lowest BCUT2D eigenvalue weighted by Gasteiger charge is -2.30. The van der Waals surface area contributed by atoms with Gasteiger partial charge in [0.05, 0.1) is 6.42 Å². The molecule has 1 aliphatic heterocycles. The first-order valence-corrected chi connectivity index (χ1v) is 8.25. The topological polar surface area (TPSA) is 32.3 Å². The second-order valence-electron chi connectivity index (χ2n) is 6.03. The first-order chi connectivity index (χ1) is 10.1. The van der Waals surface area contributed by atoms with E-state index < -0.39 is 0 Å². The van der Waals surface area contributed by atoms with Gasteiger partial charge in [-0.05, 0) is 62.5 Å². The number of likely N-dealkylation sites (tertiary alicyclic amines) is 1. The molecule has 1 N–H and O–H groups in total. The number of hydrogen-bond acceptors (Lipinski definition) is 2. The van der Waals surface area contributed by atoms with Crippen molar-refractivity contribution in [2.24, 2.45) is 5.92 Å². The summed E-state index contributed by atoms with van der Waals surface area (Å²) in [5, 5.41) is 3.70. The van der Waals surface area contributed by atoms with Gasteiger partial charge in [0.1, 0.15) is 0 Å². The zero-order valence-electron chi connectivity index (χ0n) is 12.8. The zero-order chi connectivity index (χ0) is 15.1. The third-order valence-electron chi connectivity index (χ3n) is 4.13. The number of rotatable bonds is 6. The van der Waals surface area contributed by atoms with Crippen LogP contribution in [0.15, 0.2) is 24.3 Å². The molecule has 0 spiro atoms. The van der Waals surface area contributed by atoms with Crippen LogP contribution in [0.25, 0.3) is 0 Å². The molecule has 116 valence electrons. The number of halogens is 1. The van der Waals surface area contributed by atoms with Crippen molar-refractivity contribution in [1.82, 2.24) is 10.2 Å². The van der Waals surface area contributed by atoms with Crippen molar-refractivity contribution in [3.05, 3.63) is 34.9 Å². The monoisotopic (exact) mass is 308 g/mol. The first-order valence-electron chi connectivity index (χ1n) is 7.87. The summed E-state index contributed by atoms with van der Waals surface area (Å²) in [6.45, 7) is 6.60. The van der Waals surface area contributed by atoms with Crippen LogP contribution in [0, 0.1) is 5.92 Å². The fraction of sp³-hybridized carbons (Fsp3) is 0.588. The van der Waals surface area contributed by atoms with Crippen molar-refractivity contribution in [2.45, 2.75) is 32.6 Å². The van der Waals surface area contributed by atoms with Gasteiger partial charge >= 0.3 is 0 Å². The molecule has 1 heterocycles. The minimum absolute atomic E-state index is 0.0876. The van der Waals surface area contributed by atoms with Crippen LogP contribution in [-0.4, -0.2) is 37.0 Å². The molecule has 0 aromatic heterocycles. The summed E-state index contributed by atoms with van der Waals surface area (Å²) in [5.74, 6) is 0.963. The normalized spacial score (nSPS) is 16.9. The van der Waals surface area contributed by atoms with Crippen LogP contribution in [0.1, 0.15) is 31.7 Å². The van der Waals surface area contributed by atoms with Crippen molar-refractivity contribution >= 4 is 17.5 Å². The van der Waals surface area contributed by atoms with E-state index in [0.29, 0.717) is 11.4 Å². The Morgan fingerprint density at radius 1 is 1.29 bits per heavy atom. The smallest absolute Gasteiger partial charge is 0.224 e. The van der Waals surface area contributed by atoms with E-state index in [4.69, 9.17) is 11.6 Å².